The van der Waals surface area contributed by atoms with E-state index in [9.17, 15) is 4.79 Å². The van der Waals surface area contributed by atoms with Gasteiger partial charge < -0.3 is 20.4 Å². The third-order valence-electron chi connectivity index (χ3n) is 7.93. The van der Waals surface area contributed by atoms with Gasteiger partial charge in [-0.05, 0) is 80.8 Å². The third kappa shape index (κ3) is 6.43. The Kier molecular flexibility index (Phi) is 8.28. The summed E-state index contributed by atoms with van der Waals surface area (Å²) in [5, 5.41) is 6.97. The molecule has 1 saturated carbocycles. The van der Waals surface area contributed by atoms with Crippen molar-refractivity contribution in [1.29, 1.82) is 0 Å². The maximum absolute atomic E-state index is 13.3. The van der Waals surface area contributed by atoms with Crippen LogP contribution in [0.4, 0.5) is 5.69 Å². The van der Waals surface area contributed by atoms with E-state index in [0.29, 0.717) is 6.04 Å². The van der Waals surface area contributed by atoms with Crippen LogP contribution in [0.5, 0.6) is 0 Å². The van der Waals surface area contributed by atoms with Crippen molar-refractivity contribution in [3.63, 3.8) is 0 Å². The number of carbonyl (C=O) groups is 1. The summed E-state index contributed by atoms with van der Waals surface area (Å²) in [7, 11) is 2.16. The van der Waals surface area contributed by atoms with Crippen LogP contribution in [0, 0.1) is 6.92 Å². The van der Waals surface area contributed by atoms with Crippen LogP contribution in [0.3, 0.4) is 0 Å². The first-order valence-corrected chi connectivity index (χ1v) is 14.6. The fourth-order valence-corrected chi connectivity index (χ4v) is 6.39. The number of likely N-dealkylation sites (N-methyl/N-ethyl adjacent to an activating group) is 1. The van der Waals surface area contributed by atoms with E-state index in [1.54, 1.807) is 0 Å². The molecule has 0 radical (unpaired) electrons. The van der Waals surface area contributed by atoms with Gasteiger partial charge >= 0.3 is 0 Å². The molecule has 2 N–H and O–H groups in total. The Hall–Kier alpha value is -2.67. The van der Waals surface area contributed by atoms with E-state index in [0.717, 1.165) is 55.1 Å². The number of nitrogens with zero attached hydrogens (tertiary/aromatic N) is 2. The van der Waals surface area contributed by atoms with Crippen molar-refractivity contribution in [3.8, 4) is 10.4 Å². The van der Waals surface area contributed by atoms with E-state index in [1.165, 1.54) is 41.0 Å². The number of hydrogen-bond acceptors (Lipinski definition) is 5. The lowest BCUT2D eigenvalue weighted by molar-refractivity contribution is 0.0939. The molecule has 1 saturated heterocycles. The second kappa shape index (κ2) is 11.8. The Morgan fingerprint density at radius 2 is 1.81 bits per heavy atom. The van der Waals surface area contributed by atoms with Gasteiger partial charge in [0.1, 0.15) is 0 Å². The number of hydrogen-bond donors (Lipinski definition) is 2. The second-order valence-electron chi connectivity index (χ2n) is 10.7. The first-order chi connectivity index (χ1) is 18.0. The maximum Gasteiger partial charge on any atom is 0.252 e. The van der Waals surface area contributed by atoms with E-state index in [1.807, 2.05) is 18.3 Å². The molecule has 1 aromatic heterocycles. The van der Waals surface area contributed by atoms with Crippen LogP contribution in [0.25, 0.3) is 10.4 Å². The van der Waals surface area contributed by atoms with E-state index in [2.05, 4.69) is 89.0 Å². The van der Waals surface area contributed by atoms with Crippen LogP contribution >= 0.6 is 11.3 Å². The highest BCUT2D eigenvalue weighted by Gasteiger charge is 2.19. The zero-order valence-corrected chi connectivity index (χ0v) is 23.2. The molecule has 1 unspecified atom stereocenters. The van der Waals surface area contributed by atoms with Crippen LogP contribution < -0.4 is 15.5 Å². The number of rotatable bonds is 8. The van der Waals surface area contributed by atoms with Crippen molar-refractivity contribution in [2.24, 2.45) is 0 Å². The minimum Gasteiger partial charge on any atom is -0.369 e. The summed E-state index contributed by atoms with van der Waals surface area (Å²) in [5.41, 5.74) is 5.24. The molecular weight excluding hydrogens is 476 g/mol. The number of aryl methyl sites for hydroxylation is 1. The minimum absolute atomic E-state index is 0.0113. The molecule has 37 heavy (non-hydrogen) atoms. The summed E-state index contributed by atoms with van der Waals surface area (Å²) >= 11 is 1.86. The van der Waals surface area contributed by atoms with Crippen molar-refractivity contribution in [3.05, 3.63) is 76.2 Å². The van der Waals surface area contributed by atoms with Gasteiger partial charge in [0.15, 0.2) is 0 Å². The highest BCUT2D eigenvalue weighted by Crippen LogP contribution is 2.31. The van der Waals surface area contributed by atoms with Gasteiger partial charge in [0.2, 0.25) is 0 Å². The predicted molar refractivity (Wildman–Crippen MR) is 156 cm³/mol. The molecule has 1 atom stereocenters. The monoisotopic (exact) mass is 516 g/mol. The van der Waals surface area contributed by atoms with Crippen LogP contribution in [0.15, 0.2) is 54.6 Å². The van der Waals surface area contributed by atoms with Gasteiger partial charge in [-0.15, -0.1) is 11.3 Å². The van der Waals surface area contributed by atoms with Crippen LogP contribution in [0.2, 0.25) is 0 Å². The summed E-state index contributed by atoms with van der Waals surface area (Å²) in [6, 6.07) is 20.0. The molecule has 0 bridgehead atoms. The van der Waals surface area contributed by atoms with E-state index < -0.39 is 0 Å². The zero-order chi connectivity index (χ0) is 25.8. The molecule has 3 aromatic rings. The molecule has 1 aliphatic carbocycles. The van der Waals surface area contributed by atoms with Crippen molar-refractivity contribution in [1.82, 2.24) is 15.5 Å². The number of piperazine rings is 1. The third-order valence-corrected chi connectivity index (χ3v) is 9.07. The van der Waals surface area contributed by atoms with Crippen molar-refractivity contribution in [2.75, 3.05) is 38.1 Å². The second-order valence-corrected chi connectivity index (χ2v) is 11.9. The van der Waals surface area contributed by atoms with Crippen LogP contribution in [-0.2, 0) is 6.54 Å². The summed E-state index contributed by atoms with van der Waals surface area (Å²) in [6.07, 6.45) is 5.33. The number of carbonyl (C=O) groups excluding carboxylic acids is 1. The van der Waals surface area contributed by atoms with Gasteiger partial charge in [-0.3, -0.25) is 4.79 Å². The number of anilines is 1. The van der Waals surface area contributed by atoms with Gasteiger partial charge in [0.25, 0.3) is 5.91 Å². The highest BCUT2D eigenvalue weighted by atomic mass is 32.1. The van der Waals surface area contributed by atoms with Gasteiger partial charge in [0.05, 0.1) is 6.04 Å². The first kappa shape index (κ1) is 26.0. The summed E-state index contributed by atoms with van der Waals surface area (Å²) in [5.74, 6) is -0.0113. The summed E-state index contributed by atoms with van der Waals surface area (Å²) in [4.78, 5) is 20.7. The lowest BCUT2D eigenvalue weighted by Gasteiger charge is -2.34. The van der Waals surface area contributed by atoms with Crippen molar-refractivity contribution < 1.29 is 4.79 Å². The molecule has 5 nitrogen and oxygen atoms in total. The quantitative estimate of drug-likeness (QED) is 0.386. The molecular formula is C31H40N4OS. The smallest absolute Gasteiger partial charge is 0.252 e. The van der Waals surface area contributed by atoms with Crippen LogP contribution in [0.1, 0.15) is 65.0 Å². The van der Waals surface area contributed by atoms with Gasteiger partial charge in [-0.1, -0.05) is 37.1 Å². The molecule has 2 aliphatic rings. The molecule has 2 fully saturated rings. The number of nitrogens with one attached hydrogen (secondary N) is 2. The number of thiophene rings is 1. The summed E-state index contributed by atoms with van der Waals surface area (Å²) < 4.78 is 0. The SMILES string of the molecule is Cc1ccc(N2CCN(C)CC2)cc1C(=O)NC(C)c1cccc(-c2ccc(CNC3CCCC3)s2)c1. The largest absolute Gasteiger partial charge is 0.369 e. The fraction of sp³-hybridized carbons (Fsp3) is 0.452. The van der Waals surface area contributed by atoms with Crippen LogP contribution in [-0.4, -0.2) is 50.1 Å². The van der Waals surface area contributed by atoms with Gasteiger partial charge in [0, 0.05) is 59.8 Å². The average Bonchev–Trinajstić information content (AvgIpc) is 3.61. The van der Waals surface area contributed by atoms with E-state index in [-0.39, 0.29) is 11.9 Å². The van der Waals surface area contributed by atoms with E-state index >= 15 is 0 Å². The lowest BCUT2D eigenvalue weighted by Crippen LogP contribution is -2.44. The Balaban J connectivity index is 1.24. The molecule has 196 valence electrons. The summed E-state index contributed by atoms with van der Waals surface area (Å²) in [6.45, 7) is 9.12. The number of benzene rings is 2. The van der Waals surface area contributed by atoms with Gasteiger partial charge in [-0.2, -0.15) is 0 Å². The fourth-order valence-electron chi connectivity index (χ4n) is 5.44. The molecule has 5 rings (SSSR count). The normalized spacial score (nSPS) is 17.8. The lowest BCUT2D eigenvalue weighted by atomic mass is 10.0. The maximum atomic E-state index is 13.3. The zero-order valence-electron chi connectivity index (χ0n) is 22.4. The van der Waals surface area contributed by atoms with Crippen molar-refractivity contribution >= 4 is 22.9 Å². The Morgan fingerprint density at radius 1 is 1.03 bits per heavy atom. The molecule has 2 heterocycles. The highest BCUT2D eigenvalue weighted by molar-refractivity contribution is 7.15. The minimum atomic E-state index is -0.0809. The topological polar surface area (TPSA) is 47.6 Å². The van der Waals surface area contributed by atoms with E-state index in [4.69, 9.17) is 0 Å². The Morgan fingerprint density at radius 3 is 2.59 bits per heavy atom. The first-order valence-electron chi connectivity index (χ1n) is 13.7. The van der Waals surface area contributed by atoms with Crippen molar-refractivity contribution in [2.45, 2.75) is 58.2 Å². The molecule has 2 aromatic carbocycles. The number of amides is 1. The molecule has 0 spiro atoms. The Labute approximate surface area is 225 Å². The Bertz CT molecular complexity index is 1210. The molecule has 1 aliphatic heterocycles. The predicted octanol–water partition coefficient (Wildman–Crippen LogP) is 6.00. The standard InChI is InChI=1S/C31H40N4OS/c1-22-11-12-27(35-17-15-34(3)16-18-35)20-29(22)31(36)33-23(2)24-7-6-8-25(19-24)30-14-13-28(37-30)21-32-26-9-4-5-10-26/h6-8,11-14,19-20,23,26,32H,4-5,9-10,15-18,21H2,1-3H3,(H,33,36). The van der Waals surface area contributed by atoms with Gasteiger partial charge in [-0.25, -0.2) is 0 Å². The molecule has 6 heteroatoms. The average molecular weight is 517 g/mol. The molecule has 1 amide bonds.